The molecule has 0 spiro atoms. The fourth-order valence-corrected chi connectivity index (χ4v) is 0.643. The Hall–Kier alpha value is -1.03. The van der Waals surface area contributed by atoms with Crippen molar-refractivity contribution in [2.45, 2.75) is 20.3 Å². The highest BCUT2D eigenvalue weighted by atomic mass is 16.5. The van der Waals surface area contributed by atoms with Crippen molar-refractivity contribution in [1.29, 1.82) is 0 Å². The van der Waals surface area contributed by atoms with Gasteiger partial charge in [-0.05, 0) is 13.3 Å². The number of aliphatic hydroxyl groups excluding tert-OH is 1. The summed E-state index contributed by atoms with van der Waals surface area (Å²) in [6.45, 7) is 3.33. The average Bonchev–Trinajstić information content (AvgIpc) is 2.11. The van der Waals surface area contributed by atoms with Gasteiger partial charge in [0.05, 0.1) is 12.2 Å². The lowest BCUT2D eigenvalue weighted by molar-refractivity contribution is -0.140. The smallest absolute Gasteiger partial charge is 0.335 e. The first-order valence-electron chi connectivity index (χ1n) is 3.86. The molecule has 0 radical (unpaired) electrons. The normalized spacial score (nSPS) is 12.2. The van der Waals surface area contributed by atoms with Crippen molar-refractivity contribution < 1.29 is 14.6 Å². The molecule has 0 unspecified atom stereocenters. The van der Waals surface area contributed by atoms with Crippen LogP contribution in [-0.2, 0) is 9.53 Å². The van der Waals surface area contributed by atoms with Crippen LogP contribution < -0.4 is 5.73 Å². The van der Waals surface area contributed by atoms with Gasteiger partial charge in [-0.1, -0.05) is 6.92 Å². The number of rotatable bonds is 4. The van der Waals surface area contributed by atoms with Crippen LogP contribution in [0.5, 0.6) is 0 Å². The maximum atomic E-state index is 11.0. The van der Waals surface area contributed by atoms with Gasteiger partial charge in [-0.2, -0.15) is 0 Å². The van der Waals surface area contributed by atoms with E-state index in [9.17, 15) is 4.79 Å². The van der Waals surface area contributed by atoms with Crippen LogP contribution in [0.25, 0.3) is 0 Å². The molecule has 0 aromatic carbocycles. The van der Waals surface area contributed by atoms with Crippen molar-refractivity contribution in [1.82, 2.24) is 0 Å². The molecule has 0 aliphatic carbocycles. The Morgan fingerprint density at radius 3 is 2.58 bits per heavy atom. The van der Waals surface area contributed by atoms with Crippen LogP contribution in [0.15, 0.2) is 11.3 Å². The van der Waals surface area contributed by atoms with Crippen LogP contribution in [0.2, 0.25) is 0 Å². The number of carbonyl (C=O) groups is 1. The summed E-state index contributed by atoms with van der Waals surface area (Å²) in [6.07, 6.45) is 0.625. The minimum Gasteiger partial charge on any atom is -0.460 e. The van der Waals surface area contributed by atoms with Crippen molar-refractivity contribution in [3.05, 3.63) is 11.3 Å². The van der Waals surface area contributed by atoms with E-state index in [4.69, 9.17) is 10.8 Å². The first-order valence-corrected chi connectivity index (χ1v) is 3.86. The summed E-state index contributed by atoms with van der Waals surface area (Å²) in [5.74, 6) is -0.455. The molecule has 0 bridgehead atoms. The van der Waals surface area contributed by atoms with E-state index in [1.54, 1.807) is 6.92 Å². The molecular weight excluding hydrogens is 158 g/mol. The van der Waals surface area contributed by atoms with Gasteiger partial charge in [0.2, 0.25) is 0 Å². The van der Waals surface area contributed by atoms with Gasteiger partial charge in [-0.25, -0.2) is 4.79 Å². The molecule has 0 amide bonds. The summed E-state index contributed by atoms with van der Waals surface area (Å²) in [4.78, 5) is 11.0. The minimum absolute atomic E-state index is 0.0210. The van der Waals surface area contributed by atoms with E-state index in [1.807, 2.05) is 6.92 Å². The van der Waals surface area contributed by atoms with Gasteiger partial charge in [0.1, 0.15) is 6.61 Å². The lowest BCUT2D eigenvalue weighted by Gasteiger charge is -2.05. The zero-order valence-electron chi connectivity index (χ0n) is 7.46. The molecule has 0 saturated carbocycles. The predicted octanol–water partition coefficient (Wildman–Crippen LogP) is 0.165. The molecular formula is C8H15NO3. The van der Waals surface area contributed by atoms with E-state index in [-0.39, 0.29) is 13.2 Å². The topological polar surface area (TPSA) is 72.6 Å². The molecule has 0 aromatic rings. The molecule has 4 nitrogen and oxygen atoms in total. The highest BCUT2D eigenvalue weighted by Crippen LogP contribution is 2.03. The molecule has 70 valence electrons. The second-order valence-electron chi connectivity index (χ2n) is 2.36. The van der Waals surface area contributed by atoms with Crippen LogP contribution >= 0.6 is 0 Å². The Bertz CT molecular complexity index is 187. The van der Waals surface area contributed by atoms with E-state index in [2.05, 4.69) is 4.74 Å². The summed E-state index contributed by atoms with van der Waals surface area (Å²) < 4.78 is 4.65. The van der Waals surface area contributed by atoms with Crippen LogP contribution in [0.4, 0.5) is 0 Å². The van der Waals surface area contributed by atoms with Gasteiger partial charge in [-0.3, -0.25) is 0 Å². The quantitative estimate of drug-likeness (QED) is 0.469. The SMILES string of the molecule is CCC(N)=C(C)C(=O)OCCO. The molecule has 0 atom stereocenters. The Labute approximate surface area is 72.0 Å². The minimum atomic E-state index is -0.455. The highest BCUT2D eigenvalue weighted by molar-refractivity contribution is 5.88. The maximum Gasteiger partial charge on any atom is 0.335 e. The second-order valence-corrected chi connectivity index (χ2v) is 2.36. The maximum absolute atomic E-state index is 11.0. The molecule has 0 aromatic heterocycles. The molecule has 4 heteroatoms. The second kappa shape index (κ2) is 5.60. The van der Waals surface area contributed by atoms with E-state index in [0.29, 0.717) is 17.7 Å². The van der Waals surface area contributed by atoms with Gasteiger partial charge in [0.25, 0.3) is 0 Å². The monoisotopic (exact) mass is 173 g/mol. The summed E-state index contributed by atoms with van der Waals surface area (Å²) >= 11 is 0. The summed E-state index contributed by atoms with van der Waals surface area (Å²) in [7, 11) is 0. The number of ether oxygens (including phenoxy) is 1. The molecule has 0 saturated heterocycles. The van der Waals surface area contributed by atoms with Crippen LogP contribution in [0, 0.1) is 0 Å². The fourth-order valence-electron chi connectivity index (χ4n) is 0.643. The highest BCUT2D eigenvalue weighted by Gasteiger charge is 2.07. The molecule has 0 rings (SSSR count). The summed E-state index contributed by atoms with van der Waals surface area (Å²) in [5.41, 5.74) is 6.45. The fraction of sp³-hybridized carbons (Fsp3) is 0.625. The van der Waals surface area contributed by atoms with Crippen LogP contribution in [0.1, 0.15) is 20.3 Å². The van der Waals surface area contributed by atoms with E-state index in [0.717, 1.165) is 0 Å². The van der Waals surface area contributed by atoms with Gasteiger partial charge in [-0.15, -0.1) is 0 Å². The average molecular weight is 173 g/mol. The van der Waals surface area contributed by atoms with Crippen molar-refractivity contribution >= 4 is 5.97 Å². The lowest BCUT2D eigenvalue weighted by atomic mass is 10.2. The number of nitrogens with two attached hydrogens (primary N) is 1. The molecule has 3 N–H and O–H groups in total. The largest absolute Gasteiger partial charge is 0.460 e. The van der Waals surface area contributed by atoms with Gasteiger partial charge >= 0.3 is 5.97 Å². The first-order chi connectivity index (χ1) is 5.63. The van der Waals surface area contributed by atoms with E-state index < -0.39 is 5.97 Å². The first kappa shape index (κ1) is 11.0. The van der Waals surface area contributed by atoms with Crippen LogP contribution in [0.3, 0.4) is 0 Å². The molecule has 0 aliphatic rings. The van der Waals surface area contributed by atoms with Crippen molar-refractivity contribution in [2.24, 2.45) is 5.73 Å². The standard InChI is InChI=1S/C8H15NO3/c1-3-7(9)6(2)8(11)12-5-4-10/h10H,3-5,9H2,1-2H3. The van der Waals surface area contributed by atoms with E-state index >= 15 is 0 Å². The lowest BCUT2D eigenvalue weighted by Crippen LogP contribution is -2.13. The molecule has 0 heterocycles. The number of hydrogen-bond donors (Lipinski definition) is 2. The summed E-state index contributed by atoms with van der Waals surface area (Å²) in [5, 5.41) is 8.37. The number of aliphatic hydroxyl groups is 1. The molecule has 0 fully saturated rings. The van der Waals surface area contributed by atoms with Gasteiger partial charge < -0.3 is 15.6 Å². The third-order valence-corrected chi connectivity index (χ3v) is 1.49. The van der Waals surface area contributed by atoms with Crippen molar-refractivity contribution in [3.63, 3.8) is 0 Å². The molecule has 12 heavy (non-hydrogen) atoms. The number of hydrogen-bond acceptors (Lipinski definition) is 4. The zero-order chi connectivity index (χ0) is 9.56. The van der Waals surface area contributed by atoms with E-state index in [1.165, 1.54) is 0 Å². The van der Waals surface area contributed by atoms with Gasteiger partial charge in [0.15, 0.2) is 0 Å². The molecule has 0 aliphatic heterocycles. The van der Waals surface area contributed by atoms with Crippen molar-refractivity contribution in [2.75, 3.05) is 13.2 Å². The number of carbonyl (C=O) groups excluding carboxylic acids is 1. The predicted molar refractivity (Wildman–Crippen MR) is 45.2 cm³/mol. The zero-order valence-corrected chi connectivity index (χ0v) is 7.46. The third kappa shape index (κ3) is 3.39. The number of esters is 1. The third-order valence-electron chi connectivity index (χ3n) is 1.49. The van der Waals surface area contributed by atoms with Crippen molar-refractivity contribution in [3.8, 4) is 0 Å². The van der Waals surface area contributed by atoms with Crippen LogP contribution in [-0.4, -0.2) is 24.3 Å². The Morgan fingerprint density at radius 2 is 2.17 bits per heavy atom. The Balaban J connectivity index is 4.09. The Kier molecular flexibility index (Phi) is 5.12. The summed E-state index contributed by atoms with van der Waals surface area (Å²) in [6, 6.07) is 0. The van der Waals surface area contributed by atoms with Gasteiger partial charge in [0, 0.05) is 5.70 Å². The Morgan fingerprint density at radius 1 is 1.58 bits per heavy atom. The number of allylic oxidation sites excluding steroid dienone is 1.